The van der Waals surface area contributed by atoms with Gasteiger partial charge in [0.05, 0.1) is 12.9 Å². The van der Waals surface area contributed by atoms with Crippen LogP contribution in [0, 0.1) is 0 Å². The van der Waals surface area contributed by atoms with Gasteiger partial charge in [-0.1, -0.05) is 0 Å². The first-order valence-electron chi connectivity index (χ1n) is 4.57. The van der Waals surface area contributed by atoms with Crippen molar-refractivity contribution in [1.29, 1.82) is 0 Å². The van der Waals surface area contributed by atoms with Gasteiger partial charge in [-0.15, -0.1) is 0 Å². The van der Waals surface area contributed by atoms with Crippen molar-refractivity contribution in [3.05, 3.63) is 24.3 Å². The summed E-state index contributed by atoms with van der Waals surface area (Å²) in [4.78, 5) is 0. The fourth-order valence-corrected chi connectivity index (χ4v) is 1.56. The zero-order chi connectivity index (χ0) is 11.3. The molecule has 0 aliphatic carbocycles. The lowest BCUT2D eigenvalue weighted by Gasteiger charge is -2.06. The number of nitrogens with one attached hydrogen (secondary N) is 1. The highest BCUT2D eigenvalue weighted by Gasteiger charge is 2.00. The number of benzene rings is 1. The minimum absolute atomic E-state index is 0.138. The molecule has 15 heavy (non-hydrogen) atoms. The number of hydrogen-bond donors (Lipinski definition) is 1. The quantitative estimate of drug-likeness (QED) is 0.823. The van der Waals surface area contributed by atoms with E-state index in [1.807, 2.05) is 24.3 Å². The number of methoxy groups -OCH3 is 1. The Balaban J connectivity index is 2.45. The molecule has 0 spiro atoms. The first-order chi connectivity index (χ1) is 7.01. The van der Waals surface area contributed by atoms with Crippen molar-refractivity contribution in [1.82, 2.24) is 0 Å². The third-order valence-corrected chi connectivity index (χ3v) is 2.84. The van der Waals surface area contributed by atoms with E-state index >= 15 is 0 Å². The highest BCUT2D eigenvalue weighted by atomic mass is 32.2. The zero-order valence-electron chi connectivity index (χ0n) is 8.86. The van der Waals surface area contributed by atoms with Crippen LogP contribution in [-0.2, 0) is 9.84 Å². The van der Waals surface area contributed by atoms with Gasteiger partial charge in [0.1, 0.15) is 15.6 Å². The highest BCUT2D eigenvalue weighted by molar-refractivity contribution is 7.90. The second-order valence-corrected chi connectivity index (χ2v) is 5.54. The summed E-state index contributed by atoms with van der Waals surface area (Å²) in [7, 11) is -1.29. The zero-order valence-corrected chi connectivity index (χ0v) is 9.67. The van der Waals surface area contributed by atoms with E-state index < -0.39 is 9.84 Å². The van der Waals surface area contributed by atoms with Crippen LogP contribution >= 0.6 is 0 Å². The molecule has 0 amide bonds. The Labute approximate surface area is 90.2 Å². The third-order valence-electron chi connectivity index (χ3n) is 1.89. The lowest BCUT2D eigenvalue weighted by Crippen LogP contribution is -2.13. The van der Waals surface area contributed by atoms with Gasteiger partial charge in [-0.25, -0.2) is 8.42 Å². The average molecular weight is 229 g/mol. The largest absolute Gasteiger partial charge is 0.497 e. The van der Waals surface area contributed by atoms with Gasteiger partial charge in [-0.2, -0.15) is 0 Å². The topological polar surface area (TPSA) is 55.4 Å². The molecular formula is C10H15NO3S. The molecule has 0 aliphatic rings. The Morgan fingerprint density at radius 3 is 2.33 bits per heavy atom. The molecular weight excluding hydrogens is 214 g/mol. The van der Waals surface area contributed by atoms with Crippen LogP contribution < -0.4 is 10.1 Å². The fraction of sp³-hybridized carbons (Fsp3) is 0.400. The number of rotatable bonds is 5. The molecule has 1 rings (SSSR count). The molecule has 1 aromatic carbocycles. The molecule has 0 fully saturated rings. The van der Waals surface area contributed by atoms with Crippen molar-refractivity contribution in [2.45, 2.75) is 0 Å². The number of sulfone groups is 1. The summed E-state index contributed by atoms with van der Waals surface area (Å²) in [5.41, 5.74) is 0.888. The SMILES string of the molecule is COc1ccc(NCCS(C)(=O)=O)cc1. The van der Waals surface area contributed by atoms with Gasteiger partial charge >= 0.3 is 0 Å². The van der Waals surface area contributed by atoms with Crippen molar-refractivity contribution in [3.63, 3.8) is 0 Å². The average Bonchev–Trinajstić information content (AvgIpc) is 2.17. The molecule has 1 N–H and O–H groups in total. The fourth-order valence-electron chi connectivity index (χ4n) is 1.09. The van der Waals surface area contributed by atoms with Gasteiger partial charge in [0.15, 0.2) is 0 Å². The lowest BCUT2D eigenvalue weighted by atomic mass is 10.3. The van der Waals surface area contributed by atoms with E-state index in [0.29, 0.717) is 6.54 Å². The van der Waals surface area contributed by atoms with Crippen molar-refractivity contribution >= 4 is 15.5 Å². The van der Waals surface area contributed by atoms with Crippen molar-refractivity contribution in [3.8, 4) is 5.75 Å². The molecule has 4 nitrogen and oxygen atoms in total. The molecule has 0 unspecified atom stereocenters. The van der Waals surface area contributed by atoms with E-state index in [1.165, 1.54) is 6.26 Å². The Hall–Kier alpha value is -1.23. The van der Waals surface area contributed by atoms with E-state index in [0.717, 1.165) is 11.4 Å². The molecule has 5 heteroatoms. The standard InChI is InChI=1S/C10H15NO3S/c1-14-10-5-3-9(4-6-10)11-7-8-15(2,12)13/h3-6,11H,7-8H2,1-2H3. The Morgan fingerprint density at radius 1 is 1.27 bits per heavy atom. The summed E-state index contributed by atoms with van der Waals surface area (Å²) >= 11 is 0. The summed E-state index contributed by atoms with van der Waals surface area (Å²) in [6.45, 7) is 0.422. The maximum absolute atomic E-state index is 10.9. The van der Waals surface area contributed by atoms with Crippen LogP contribution in [0.4, 0.5) is 5.69 Å². The summed E-state index contributed by atoms with van der Waals surface area (Å²) in [6, 6.07) is 7.34. The number of hydrogen-bond acceptors (Lipinski definition) is 4. The van der Waals surface area contributed by atoms with E-state index in [4.69, 9.17) is 4.74 Å². The molecule has 0 radical (unpaired) electrons. The van der Waals surface area contributed by atoms with Gasteiger partial charge in [0, 0.05) is 18.5 Å². The molecule has 0 heterocycles. The predicted molar refractivity (Wildman–Crippen MR) is 61.2 cm³/mol. The first kappa shape index (κ1) is 11.8. The van der Waals surface area contributed by atoms with E-state index in [2.05, 4.69) is 5.32 Å². The maximum Gasteiger partial charge on any atom is 0.149 e. The van der Waals surface area contributed by atoms with Crippen molar-refractivity contribution in [2.24, 2.45) is 0 Å². The second-order valence-electron chi connectivity index (χ2n) is 3.29. The maximum atomic E-state index is 10.9. The Bertz CT molecular complexity index is 397. The minimum Gasteiger partial charge on any atom is -0.497 e. The molecule has 0 aliphatic heterocycles. The molecule has 0 saturated heterocycles. The van der Waals surface area contributed by atoms with Gasteiger partial charge in [-0.3, -0.25) is 0 Å². The van der Waals surface area contributed by atoms with Gasteiger partial charge < -0.3 is 10.1 Å². The summed E-state index contributed by atoms with van der Waals surface area (Å²) < 4.78 is 26.7. The molecule has 0 saturated carbocycles. The lowest BCUT2D eigenvalue weighted by molar-refractivity contribution is 0.415. The van der Waals surface area contributed by atoms with Gasteiger partial charge in [0.25, 0.3) is 0 Å². The van der Waals surface area contributed by atoms with Crippen LogP contribution in [0.15, 0.2) is 24.3 Å². The van der Waals surface area contributed by atoms with E-state index in [1.54, 1.807) is 7.11 Å². The second kappa shape index (κ2) is 5.02. The third kappa shape index (κ3) is 4.69. The van der Waals surface area contributed by atoms with Gasteiger partial charge in [0.2, 0.25) is 0 Å². The Morgan fingerprint density at radius 2 is 1.87 bits per heavy atom. The summed E-state index contributed by atoms with van der Waals surface area (Å²) in [6.07, 6.45) is 1.22. The van der Waals surface area contributed by atoms with Crippen LogP contribution in [0.25, 0.3) is 0 Å². The molecule has 1 aromatic rings. The number of anilines is 1. The normalized spacial score (nSPS) is 11.1. The van der Waals surface area contributed by atoms with Crippen LogP contribution in [-0.4, -0.2) is 34.1 Å². The summed E-state index contributed by atoms with van der Waals surface area (Å²) in [5.74, 6) is 0.919. The Kier molecular flexibility index (Phi) is 3.96. The van der Waals surface area contributed by atoms with Crippen LogP contribution in [0.1, 0.15) is 0 Å². The van der Waals surface area contributed by atoms with E-state index in [9.17, 15) is 8.42 Å². The van der Waals surface area contributed by atoms with Gasteiger partial charge in [-0.05, 0) is 24.3 Å². The van der Waals surface area contributed by atoms with Crippen molar-refractivity contribution in [2.75, 3.05) is 31.0 Å². The van der Waals surface area contributed by atoms with Crippen LogP contribution in [0.3, 0.4) is 0 Å². The van der Waals surface area contributed by atoms with Crippen LogP contribution in [0.5, 0.6) is 5.75 Å². The molecule has 84 valence electrons. The van der Waals surface area contributed by atoms with Crippen molar-refractivity contribution < 1.29 is 13.2 Å². The predicted octanol–water partition coefficient (Wildman–Crippen LogP) is 1.15. The molecule has 0 atom stereocenters. The first-order valence-corrected chi connectivity index (χ1v) is 6.63. The molecule has 0 bridgehead atoms. The minimum atomic E-state index is -2.89. The van der Waals surface area contributed by atoms with E-state index in [-0.39, 0.29) is 5.75 Å². The van der Waals surface area contributed by atoms with Crippen LogP contribution in [0.2, 0.25) is 0 Å². The molecule has 0 aromatic heterocycles. The highest BCUT2D eigenvalue weighted by Crippen LogP contribution is 2.14. The summed E-state index contributed by atoms with van der Waals surface area (Å²) in [5, 5.41) is 3.02. The number of ether oxygens (including phenoxy) is 1. The smallest absolute Gasteiger partial charge is 0.149 e. The monoisotopic (exact) mass is 229 g/mol.